The largest absolute Gasteiger partial charge is 0.496 e. The summed E-state index contributed by atoms with van der Waals surface area (Å²) in [5.74, 6) is 0.526. The van der Waals surface area contributed by atoms with Crippen molar-refractivity contribution >= 4 is 28.4 Å². The van der Waals surface area contributed by atoms with E-state index in [1.807, 2.05) is 4.90 Å². The van der Waals surface area contributed by atoms with E-state index in [1.54, 1.807) is 25.3 Å². The zero-order valence-corrected chi connectivity index (χ0v) is 15.7. The quantitative estimate of drug-likeness (QED) is 0.729. The van der Waals surface area contributed by atoms with Gasteiger partial charge in [-0.05, 0) is 49.2 Å². The van der Waals surface area contributed by atoms with Crippen LogP contribution in [0.5, 0.6) is 5.75 Å². The van der Waals surface area contributed by atoms with E-state index in [9.17, 15) is 4.79 Å². The smallest absolute Gasteiger partial charge is 0.257 e. The fourth-order valence-electron chi connectivity index (χ4n) is 3.74. The van der Waals surface area contributed by atoms with Crippen molar-refractivity contribution in [2.75, 3.05) is 20.2 Å². The number of methoxy groups -OCH3 is 1. The molecule has 5 heteroatoms. The van der Waals surface area contributed by atoms with Gasteiger partial charge in [-0.3, -0.25) is 4.79 Å². The zero-order chi connectivity index (χ0) is 18.3. The van der Waals surface area contributed by atoms with Gasteiger partial charge in [-0.15, -0.1) is 0 Å². The number of fused-ring (bicyclic) bond motifs is 3. The molecule has 0 saturated carbocycles. The molecule has 0 atom stereocenters. The first-order chi connectivity index (χ1) is 12.6. The highest BCUT2D eigenvalue weighted by Gasteiger charge is 2.24. The van der Waals surface area contributed by atoms with Crippen LogP contribution < -0.4 is 4.74 Å². The summed E-state index contributed by atoms with van der Waals surface area (Å²) in [7, 11) is 1.57. The van der Waals surface area contributed by atoms with Gasteiger partial charge in [0.25, 0.3) is 5.91 Å². The van der Waals surface area contributed by atoms with Gasteiger partial charge in [-0.2, -0.15) is 0 Å². The van der Waals surface area contributed by atoms with Gasteiger partial charge in [-0.25, -0.2) is 0 Å². The van der Waals surface area contributed by atoms with Gasteiger partial charge in [-0.1, -0.05) is 23.2 Å². The number of aryl methyl sites for hydroxylation is 1. The molecular weight excluding hydrogens is 348 g/mol. The number of benzene rings is 2. The van der Waals surface area contributed by atoms with Crippen LogP contribution in [0.4, 0.5) is 0 Å². The van der Waals surface area contributed by atoms with Crippen LogP contribution in [-0.4, -0.2) is 36.0 Å². The first kappa shape index (κ1) is 17.0. The summed E-state index contributed by atoms with van der Waals surface area (Å²) < 4.78 is 5.35. The molecule has 26 heavy (non-hydrogen) atoms. The summed E-state index contributed by atoms with van der Waals surface area (Å²) in [5.41, 5.74) is 5.51. The van der Waals surface area contributed by atoms with E-state index in [0.717, 1.165) is 12.8 Å². The lowest BCUT2D eigenvalue weighted by atomic mass is 10.1. The van der Waals surface area contributed by atoms with Crippen LogP contribution in [0.25, 0.3) is 10.9 Å². The van der Waals surface area contributed by atoms with Crippen molar-refractivity contribution in [3.05, 3.63) is 63.8 Å². The fourth-order valence-corrected chi connectivity index (χ4v) is 3.91. The average molecular weight is 369 g/mol. The summed E-state index contributed by atoms with van der Waals surface area (Å²) in [4.78, 5) is 18.5. The third kappa shape index (κ3) is 2.95. The number of carbonyl (C=O) groups excluding carboxylic acids is 1. The predicted octanol–water partition coefficient (Wildman–Crippen LogP) is 4.38. The molecule has 2 heterocycles. The summed E-state index contributed by atoms with van der Waals surface area (Å²) in [5, 5.41) is 1.81. The third-order valence-electron chi connectivity index (χ3n) is 5.09. The molecule has 0 spiro atoms. The first-order valence-corrected chi connectivity index (χ1v) is 9.17. The molecule has 4 nitrogen and oxygen atoms in total. The van der Waals surface area contributed by atoms with Crippen LogP contribution in [0.3, 0.4) is 0 Å². The second-order valence-electron chi connectivity index (χ2n) is 6.77. The van der Waals surface area contributed by atoms with Crippen LogP contribution in [0, 0.1) is 6.92 Å². The highest BCUT2D eigenvalue weighted by Crippen LogP contribution is 2.29. The number of H-pyrrole nitrogens is 1. The average Bonchev–Trinajstić information content (AvgIpc) is 2.84. The van der Waals surface area contributed by atoms with Crippen molar-refractivity contribution in [2.45, 2.75) is 19.8 Å². The Labute approximate surface area is 157 Å². The Balaban J connectivity index is 1.62. The fraction of sp³-hybridized carbons (Fsp3) is 0.286. The van der Waals surface area contributed by atoms with Gasteiger partial charge in [0.15, 0.2) is 0 Å². The molecule has 1 aromatic heterocycles. The van der Waals surface area contributed by atoms with Crippen LogP contribution in [0.1, 0.15) is 27.2 Å². The lowest BCUT2D eigenvalue weighted by Gasteiger charge is -2.21. The van der Waals surface area contributed by atoms with Crippen molar-refractivity contribution < 1.29 is 9.53 Å². The number of amides is 1. The molecule has 134 valence electrons. The van der Waals surface area contributed by atoms with E-state index in [2.05, 4.69) is 30.1 Å². The number of halogens is 1. The monoisotopic (exact) mass is 368 g/mol. The predicted molar refractivity (Wildman–Crippen MR) is 104 cm³/mol. The Morgan fingerprint density at radius 1 is 1.15 bits per heavy atom. The van der Waals surface area contributed by atoms with Gasteiger partial charge >= 0.3 is 0 Å². The molecule has 0 bridgehead atoms. The third-order valence-corrected chi connectivity index (χ3v) is 5.33. The second-order valence-corrected chi connectivity index (χ2v) is 7.20. The molecule has 1 aliphatic heterocycles. The van der Waals surface area contributed by atoms with E-state index in [1.165, 1.54) is 27.7 Å². The highest BCUT2D eigenvalue weighted by molar-refractivity contribution is 6.31. The molecule has 1 amide bonds. The molecule has 4 rings (SSSR count). The van der Waals surface area contributed by atoms with Crippen LogP contribution in [0.15, 0.2) is 36.4 Å². The van der Waals surface area contributed by atoms with E-state index >= 15 is 0 Å². The number of aromatic amines is 1. The van der Waals surface area contributed by atoms with Crippen LogP contribution >= 0.6 is 11.6 Å². The van der Waals surface area contributed by atoms with E-state index < -0.39 is 0 Å². The normalized spacial score (nSPS) is 14.2. The molecule has 1 N–H and O–H groups in total. The van der Waals surface area contributed by atoms with E-state index in [0.29, 0.717) is 29.4 Å². The van der Waals surface area contributed by atoms with Crippen molar-refractivity contribution in [1.29, 1.82) is 0 Å². The summed E-state index contributed by atoms with van der Waals surface area (Å²) in [6.07, 6.45) is 1.66. The van der Waals surface area contributed by atoms with Crippen molar-refractivity contribution in [1.82, 2.24) is 9.88 Å². The standard InChI is InChI=1S/C21H21ClN2O2/c1-13-3-5-18-16(11-13)15-7-9-24(10-8-19(15)23-18)21(25)17-12-14(22)4-6-20(17)26-2/h3-6,11-12,23H,7-10H2,1-2H3. The minimum absolute atomic E-state index is 0.0324. The molecule has 1 aliphatic rings. The van der Waals surface area contributed by atoms with Crippen molar-refractivity contribution in [2.24, 2.45) is 0 Å². The SMILES string of the molecule is COc1ccc(Cl)cc1C(=O)N1CCc2[nH]c3ccc(C)cc3c2CC1. The number of ether oxygens (including phenoxy) is 1. The Hall–Kier alpha value is -2.46. The summed E-state index contributed by atoms with van der Waals surface area (Å²) in [6, 6.07) is 11.7. The summed E-state index contributed by atoms with van der Waals surface area (Å²) in [6.45, 7) is 3.46. The minimum atomic E-state index is -0.0324. The molecule has 2 aromatic carbocycles. The molecule has 0 fully saturated rings. The van der Waals surface area contributed by atoms with E-state index in [-0.39, 0.29) is 5.91 Å². The lowest BCUT2D eigenvalue weighted by molar-refractivity contribution is 0.0759. The Morgan fingerprint density at radius 2 is 1.96 bits per heavy atom. The van der Waals surface area contributed by atoms with Crippen molar-refractivity contribution in [3.63, 3.8) is 0 Å². The summed E-state index contributed by atoms with van der Waals surface area (Å²) >= 11 is 6.09. The maximum absolute atomic E-state index is 13.1. The number of hydrogen-bond donors (Lipinski definition) is 1. The number of hydrogen-bond acceptors (Lipinski definition) is 2. The first-order valence-electron chi connectivity index (χ1n) is 8.79. The van der Waals surface area contributed by atoms with Crippen LogP contribution in [-0.2, 0) is 12.8 Å². The lowest BCUT2D eigenvalue weighted by Crippen LogP contribution is -2.33. The Morgan fingerprint density at radius 3 is 2.77 bits per heavy atom. The zero-order valence-electron chi connectivity index (χ0n) is 14.9. The highest BCUT2D eigenvalue weighted by atomic mass is 35.5. The van der Waals surface area contributed by atoms with Crippen LogP contribution in [0.2, 0.25) is 5.02 Å². The molecule has 0 radical (unpaired) electrons. The topological polar surface area (TPSA) is 45.3 Å². The van der Waals surface area contributed by atoms with Gasteiger partial charge in [0.1, 0.15) is 5.75 Å². The Kier molecular flexibility index (Phi) is 4.37. The maximum Gasteiger partial charge on any atom is 0.257 e. The minimum Gasteiger partial charge on any atom is -0.496 e. The number of carbonyl (C=O) groups is 1. The Bertz CT molecular complexity index is 993. The molecule has 0 saturated heterocycles. The molecule has 3 aromatic rings. The van der Waals surface area contributed by atoms with Gasteiger partial charge in [0.2, 0.25) is 0 Å². The number of aromatic nitrogens is 1. The molecule has 0 unspecified atom stereocenters. The molecular formula is C21H21ClN2O2. The van der Waals surface area contributed by atoms with Gasteiger partial charge in [0.05, 0.1) is 12.7 Å². The van der Waals surface area contributed by atoms with E-state index in [4.69, 9.17) is 16.3 Å². The van der Waals surface area contributed by atoms with Gasteiger partial charge < -0.3 is 14.6 Å². The second kappa shape index (κ2) is 6.69. The van der Waals surface area contributed by atoms with Gasteiger partial charge in [0, 0.05) is 41.1 Å². The maximum atomic E-state index is 13.1. The number of rotatable bonds is 2. The molecule has 0 aliphatic carbocycles. The van der Waals surface area contributed by atoms with Crippen molar-refractivity contribution in [3.8, 4) is 5.75 Å². The number of nitrogens with one attached hydrogen (secondary N) is 1. The number of nitrogens with zero attached hydrogens (tertiary/aromatic N) is 1.